The first kappa shape index (κ1) is 19.4. The predicted molar refractivity (Wildman–Crippen MR) is 118 cm³/mol. The predicted octanol–water partition coefficient (Wildman–Crippen LogP) is 6.80. The lowest BCUT2D eigenvalue weighted by Crippen LogP contribution is -2.36. The van der Waals surface area contributed by atoms with Crippen LogP contribution in [0.4, 0.5) is 4.79 Å². The van der Waals surface area contributed by atoms with Gasteiger partial charge in [-0.3, -0.25) is 4.90 Å². The van der Waals surface area contributed by atoms with Crippen molar-refractivity contribution in [1.82, 2.24) is 9.88 Å². The average molecular weight is 459 g/mol. The molecule has 1 aliphatic rings. The Morgan fingerprint density at radius 3 is 2.75 bits per heavy atom. The molecule has 2 heterocycles. The smallest absolute Gasteiger partial charge is 0.410 e. The highest BCUT2D eigenvalue weighted by atomic mass is 79.9. The fraction of sp³-hybridized carbons (Fsp3) is 0.364. The molecule has 1 atom stereocenters. The van der Waals surface area contributed by atoms with Gasteiger partial charge in [0, 0.05) is 12.1 Å². The van der Waals surface area contributed by atoms with Crippen LogP contribution >= 0.6 is 27.3 Å². The van der Waals surface area contributed by atoms with Crippen LogP contribution in [0.1, 0.15) is 44.7 Å². The van der Waals surface area contributed by atoms with Crippen molar-refractivity contribution in [2.24, 2.45) is 0 Å². The Balaban J connectivity index is 1.68. The van der Waals surface area contributed by atoms with E-state index in [0.29, 0.717) is 6.54 Å². The molecule has 0 spiro atoms. The average Bonchev–Trinajstić information content (AvgIpc) is 3.26. The van der Waals surface area contributed by atoms with E-state index in [9.17, 15) is 4.79 Å². The summed E-state index contributed by atoms with van der Waals surface area (Å²) in [4.78, 5) is 19.4. The number of amides is 1. The molecule has 3 aromatic rings. The Labute approximate surface area is 177 Å². The van der Waals surface area contributed by atoms with Crippen molar-refractivity contribution in [3.63, 3.8) is 0 Å². The SMILES string of the molecule is CC(C)(C)OC(=O)N1CCC[C@H]1c1nc(-c2cccc3ccccc23)c(Br)s1. The third kappa shape index (κ3) is 3.80. The van der Waals surface area contributed by atoms with Gasteiger partial charge in [-0.15, -0.1) is 11.3 Å². The molecule has 0 bridgehead atoms. The van der Waals surface area contributed by atoms with Gasteiger partial charge in [0.15, 0.2) is 0 Å². The maximum Gasteiger partial charge on any atom is 0.410 e. The summed E-state index contributed by atoms with van der Waals surface area (Å²) in [7, 11) is 0. The molecule has 1 saturated heterocycles. The number of likely N-dealkylation sites (tertiary alicyclic amines) is 1. The number of carbonyl (C=O) groups excluding carboxylic acids is 1. The molecule has 146 valence electrons. The molecule has 28 heavy (non-hydrogen) atoms. The van der Waals surface area contributed by atoms with Crippen LogP contribution in [0.2, 0.25) is 0 Å². The summed E-state index contributed by atoms with van der Waals surface area (Å²) < 4.78 is 6.60. The van der Waals surface area contributed by atoms with Gasteiger partial charge in [0.2, 0.25) is 0 Å². The zero-order chi connectivity index (χ0) is 19.9. The summed E-state index contributed by atoms with van der Waals surface area (Å²) in [6.07, 6.45) is 1.62. The third-order valence-corrected chi connectivity index (χ3v) is 6.62. The lowest BCUT2D eigenvalue weighted by molar-refractivity contribution is 0.0224. The molecule has 0 radical (unpaired) electrons. The monoisotopic (exact) mass is 458 g/mol. The van der Waals surface area contributed by atoms with Crippen LogP contribution in [0.15, 0.2) is 46.3 Å². The van der Waals surface area contributed by atoms with Crippen molar-refractivity contribution in [1.29, 1.82) is 0 Å². The number of thiazole rings is 1. The van der Waals surface area contributed by atoms with Crippen LogP contribution in [0.25, 0.3) is 22.0 Å². The zero-order valence-corrected chi connectivity index (χ0v) is 18.6. The first-order chi connectivity index (χ1) is 13.3. The Bertz CT molecular complexity index is 1020. The molecule has 6 heteroatoms. The number of aromatic nitrogens is 1. The topological polar surface area (TPSA) is 42.4 Å². The van der Waals surface area contributed by atoms with Crippen molar-refractivity contribution in [3.8, 4) is 11.3 Å². The van der Waals surface area contributed by atoms with Gasteiger partial charge in [0.1, 0.15) is 10.6 Å². The summed E-state index contributed by atoms with van der Waals surface area (Å²) in [6, 6.07) is 14.6. The van der Waals surface area contributed by atoms with Crippen molar-refractivity contribution < 1.29 is 9.53 Å². The molecular formula is C22H23BrN2O2S. The standard InChI is InChI=1S/C22H23BrN2O2S/c1-22(2,3)27-21(26)25-13-7-12-17(25)20-24-18(19(23)28-20)16-11-6-9-14-8-4-5-10-15(14)16/h4-6,8-11,17H,7,12-13H2,1-3H3/t17-/m0/s1. The maximum atomic E-state index is 12.7. The van der Waals surface area contributed by atoms with Crippen molar-refractivity contribution >= 4 is 44.1 Å². The third-order valence-electron chi connectivity index (χ3n) is 4.81. The number of carbonyl (C=O) groups is 1. The van der Waals surface area contributed by atoms with Crippen LogP contribution in [-0.2, 0) is 4.74 Å². The zero-order valence-electron chi connectivity index (χ0n) is 16.2. The first-order valence-electron chi connectivity index (χ1n) is 9.47. The Morgan fingerprint density at radius 1 is 1.21 bits per heavy atom. The first-order valence-corrected chi connectivity index (χ1v) is 11.1. The van der Waals surface area contributed by atoms with Gasteiger partial charge in [-0.05, 0) is 60.3 Å². The van der Waals surface area contributed by atoms with E-state index in [0.717, 1.165) is 32.9 Å². The molecule has 0 N–H and O–H groups in total. The molecule has 1 amide bonds. The van der Waals surface area contributed by atoms with Gasteiger partial charge >= 0.3 is 6.09 Å². The molecule has 0 unspecified atom stereocenters. The van der Waals surface area contributed by atoms with E-state index in [4.69, 9.17) is 9.72 Å². The van der Waals surface area contributed by atoms with Crippen molar-refractivity contribution in [3.05, 3.63) is 51.3 Å². The highest BCUT2D eigenvalue weighted by Gasteiger charge is 2.35. The second kappa shape index (κ2) is 7.48. The minimum Gasteiger partial charge on any atom is -0.444 e. The van der Waals surface area contributed by atoms with Gasteiger partial charge in [-0.2, -0.15) is 0 Å². The number of hydrogen-bond donors (Lipinski definition) is 0. The molecule has 1 aromatic heterocycles. The molecular weight excluding hydrogens is 436 g/mol. The second-order valence-corrected chi connectivity index (χ2v) is 10.4. The molecule has 0 saturated carbocycles. The van der Waals surface area contributed by atoms with E-state index in [1.54, 1.807) is 11.3 Å². The lowest BCUT2D eigenvalue weighted by atomic mass is 10.0. The minimum absolute atomic E-state index is 0.0279. The maximum absolute atomic E-state index is 12.7. The molecule has 0 aliphatic carbocycles. The fourth-order valence-corrected chi connectivity index (χ4v) is 5.37. The lowest BCUT2D eigenvalue weighted by Gasteiger charge is -2.27. The van der Waals surface area contributed by atoms with Gasteiger partial charge < -0.3 is 4.74 Å². The molecule has 4 nitrogen and oxygen atoms in total. The molecule has 4 rings (SSSR count). The summed E-state index contributed by atoms with van der Waals surface area (Å²) in [5.41, 5.74) is 1.55. The summed E-state index contributed by atoms with van der Waals surface area (Å²) in [6.45, 7) is 6.40. The van der Waals surface area contributed by atoms with Gasteiger partial charge in [-0.1, -0.05) is 42.5 Å². The molecule has 2 aromatic carbocycles. The van der Waals surface area contributed by atoms with E-state index in [1.165, 1.54) is 10.8 Å². The van der Waals surface area contributed by atoms with Crippen LogP contribution in [0.5, 0.6) is 0 Å². The Hall–Kier alpha value is -1.92. The van der Waals surface area contributed by atoms with E-state index >= 15 is 0 Å². The minimum atomic E-state index is -0.498. The van der Waals surface area contributed by atoms with Crippen molar-refractivity contribution in [2.45, 2.75) is 45.3 Å². The summed E-state index contributed by atoms with van der Waals surface area (Å²) >= 11 is 5.32. The number of ether oxygens (including phenoxy) is 1. The second-order valence-electron chi connectivity index (χ2n) is 8.03. The quantitative estimate of drug-likeness (QED) is 0.423. The number of benzene rings is 2. The Morgan fingerprint density at radius 2 is 1.96 bits per heavy atom. The van der Waals surface area contributed by atoms with Crippen LogP contribution in [-0.4, -0.2) is 28.1 Å². The molecule has 1 aliphatic heterocycles. The summed E-state index contributed by atoms with van der Waals surface area (Å²) in [5.74, 6) is 0. The fourth-order valence-electron chi connectivity index (χ4n) is 3.62. The number of rotatable bonds is 2. The van der Waals surface area contributed by atoms with Crippen LogP contribution in [0, 0.1) is 0 Å². The van der Waals surface area contributed by atoms with Crippen LogP contribution < -0.4 is 0 Å². The van der Waals surface area contributed by atoms with E-state index in [1.807, 2.05) is 37.8 Å². The Kier molecular flexibility index (Phi) is 5.19. The number of hydrogen-bond acceptors (Lipinski definition) is 4. The van der Waals surface area contributed by atoms with E-state index in [-0.39, 0.29) is 12.1 Å². The van der Waals surface area contributed by atoms with Gasteiger partial charge in [0.05, 0.1) is 15.5 Å². The highest BCUT2D eigenvalue weighted by Crippen LogP contribution is 2.42. The van der Waals surface area contributed by atoms with Gasteiger partial charge in [0.25, 0.3) is 0 Å². The van der Waals surface area contributed by atoms with Crippen molar-refractivity contribution in [2.75, 3.05) is 6.54 Å². The number of fused-ring (bicyclic) bond motifs is 1. The largest absolute Gasteiger partial charge is 0.444 e. The van der Waals surface area contributed by atoms with E-state index in [2.05, 4.69) is 46.3 Å². The number of nitrogens with zero attached hydrogens (tertiary/aromatic N) is 2. The normalized spacial score (nSPS) is 17.3. The number of halogens is 1. The molecule has 1 fully saturated rings. The van der Waals surface area contributed by atoms with Crippen LogP contribution in [0.3, 0.4) is 0 Å². The summed E-state index contributed by atoms with van der Waals surface area (Å²) in [5, 5.41) is 3.33. The highest BCUT2D eigenvalue weighted by molar-refractivity contribution is 9.11. The van der Waals surface area contributed by atoms with E-state index < -0.39 is 5.60 Å². The van der Waals surface area contributed by atoms with Gasteiger partial charge in [-0.25, -0.2) is 9.78 Å².